The zero-order valence-electron chi connectivity index (χ0n) is 15.9. The quantitative estimate of drug-likeness (QED) is 0.189. The number of aromatic hydroxyl groups is 1. The molecule has 29 heavy (non-hydrogen) atoms. The number of hydrogen-bond acceptors (Lipinski definition) is 8. The molecule has 0 heterocycles. The minimum Gasteiger partial charge on any atom is -1.00 e. The van der Waals surface area contributed by atoms with Crippen molar-refractivity contribution >= 4 is 48.1 Å². The van der Waals surface area contributed by atoms with E-state index < -0.39 is 41.5 Å². The number of phenols is 1. The topological polar surface area (TPSA) is 180 Å². The van der Waals surface area contributed by atoms with Gasteiger partial charge in [0, 0.05) is 5.39 Å². The molecule has 0 bridgehead atoms. The Kier molecular flexibility index (Phi) is 6.69. The van der Waals surface area contributed by atoms with Crippen LogP contribution in [0.2, 0.25) is 0 Å². The maximum absolute atomic E-state index is 11.8. The molecule has 10 nitrogen and oxygen atoms in total. The Hall–Kier alpha value is -2.06. The van der Waals surface area contributed by atoms with E-state index in [1.54, 1.807) is 30.3 Å². The number of nitrogen functional groups attached to an aromatic ring is 1. The molecule has 0 aliphatic carbocycles. The van der Waals surface area contributed by atoms with Gasteiger partial charge in [-0.1, -0.05) is 18.2 Å². The van der Waals surface area contributed by atoms with Gasteiger partial charge in [0.2, 0.25) is 0 Å². The molecule has 0 saturated carbocycles. The van der Waals surface area contributed by atoms with Gasteiger partial charge in [-0.05, 0) is 35.7 Å². The third-order valence-corrected chi connectivity index (χ3v) is 5.54. The van der Waals surface area contributed by atoms with Crippen molar-refractivity contribution in [2.45, 2.75) is 9.79 Å². The number of rotatable bonds is 4. The van der Waals surface area contributed by atoms with Gasteiger partial charge < -0.3 is 12.3 Å². The van der Waals surface area contributed by atoms with E-state index in [-0.39, 0.29) is 47.4 Å². The molecule has 3 aromatic carbocycles. The maximum Gasteiger partial charge on any atom is 1.00 e. The number of benzene rings is 3. The molecule has 13 heteroatoms. The smallest absolute Gasteiger partial charge is 1.00 e. The van der Waals surface area contributed by atoms with Crippen LogP contribution in [0.1, 0.15) is 1.43 Å². The third kappa shape index (κ3) is 4.93. The Morgan fingerprint density at radius 1 is 0.862 bits per heavy atom. The molecule has 0 aromatic heterocycles. The Labute approximate surface area is 189 Å². The van der Waals surface area contributed by atoms with Crippen molar-refractivity contribution < 1.29 is 62.0 Å². The van der Waals surface area contributed by atoms with Crippen molar-refractivity contribution in [3.8, 4) is 5.75 Å². The molecule has 0 unspecified atom stereocenters. The first-order chi connectivity index (χ1) is 13.0. The van der Waals surface area contributed by atoms with Crippen molar-refractivity contribution in [2.24, 2.45) is 10.2 Å². The molecule has 3 rings (SSSR count). The Morgan fingerprint density at radius 2 is 1.41 bits per heavy atom. The minimum absolute atomic E-state index is 0. The van der Waals surface area contributed by atoms with Gasteiger partial charge in [-0.25, -0.2) is 0 Å². The van der Waals surface area contributed by atoms with Gasteiger partial charge in [0.25, 0.3) is 20.2 Å². The van der Waals surface area contributed by atoms with E-state index in [1.165, 1.54) is 0 Å². The van der Waals surface area contributed by atoms with Crippen molar-refractivity contribution in [3.63, 3.8) is 0 Å². The summed E-state index contributed by atoms with van der Waals surface area (Å²) < 4.78 is 65.0. The fraction of sp³-hybridized carbons (Fsp3) is 0. The first-order valence-corrected chi connectivity index (χ1v) is 10.4. The SMILES string of the molecule is Nc1cc2c(O)c(N=Nc3ccccc3)c(S(=O)(=O)O)cc2cc1S(=O)(=O)O.[H-].[Na+]. The van der Waals surface area contributed by atoms with Gasteiger partial charge in [-0.3, -0.25) is 9.11 Å². The predicted octanol–water partition coefficient (Wildman–Crippen LogP) is 0.153. The summed E-state index contributed by atoms with van der Waals surface area (Å²) in [6.45, 7) is 0. The minimum atomic E-state index is -4.87. The largest absolute Gasteiger partial charge is 1.00 e. The summed E-state index contributed by atoms with van der Waals surface area (Å²) in [7, 11) is -9.57. The van der Waals surface area contributed by atoms with E-state index in [0.717, 1.165) is 18.2 Å². The summed E-state index contributed by atoms with van der Waals surface area (Å²) >= 11 is 0. The van der Waals surface area contributed by atoms with E-state index >= 15 is 0 Å². The average molecular weight is 447 g/mol. The van der Waals surface area contributed by atoms with Crippen molar-refractivity contribution in [1.29, 1.82) is 0 Å². The zero-order valence-corrected chi connectivity index (χ0v) is 18.5. The van der Waals surface area contributed by atoms with Crippen LogP contribution in [0.4, 0.5) is 17.1 Å². The fourth-order valence-electron chi connectivity index (χ4n) is 2.51. The molecule has 0 amide bonds. The van der Waals surface area contributed by atoms with Gasteiger partial charge in [0.05, 0.1) is 11.4 Å². The number of azo groups is 1. The second-order valence-electron chi connectivity index (χ2n) is 5.67. The number of hydrogen-bond donors (Lipinski definition) is 4. The number of nitrogens with zero attached hydrogens (tertiary/aromatic N) is 2. The molecular weight excluding hydrogens is 433 g/mol. The average Bonchev–Trinajstić information content (AvgIpc) is 2.60. The van der Waals surface area contributed by atoms with E-state index in [9.17, 15) is 31.0 Å². The van der Waals surface area contributed by atoms with Crippen LogP contribution < -0.4 is 35.3 Å². The second kappa shape index (κ2) is 8.36. The summed E-state index contributed by atoms with van der Waals surface area (Å²) in [5.41, 5.74) is 5.02. The van der Waals surface area contributed by atoms with Crippen LogP contribution in [0.3, 0.4) is 0 Å². The van der Waals surface area contributed by atoms with Crippen molar-refractivity contribution in [3.05, 3.63) is 48.5 Å². The van der Waals surface area contributed by atoms with Gasteiger partial charge in [0.1, 0.15) is 15.5 Å². The molecular formula is C16H14N3NaO7S2. The Bertz CT molecular complexity index is 1330. The summed E-state index contributed by atoms with van der Waals surface area (Å²) in [5.74, 6) is -0.696. The summed E-state index contributed by atoms with van der Waals surface area (Å²) in [4.78, 5) is -1.48. The number of anilines is 1. The molecule has 5 N–H and O–H groups in total. The molecule has 0 aliphatic rings. The van der Waals surface area contributed by atoms with Crippen LogP contribution in [0.5, 0.6) is 5.75 Å². The summed E-state index contributed by atoms with van der Waals surface area (Å²) in [5, 5.41) is 17.9. The third-order valence-electron chi connectivity index (χ3n) is 3.76. The van der Waals surface area contributed by atoms with Crippen molar-refractivity contribution in [2.75, 3.05) is 5.73 Å². The fourth-order valence-corrected chi connectivity index (χ4v) is 3.80. The first-order valence-electron chi connectivity index (χ1n) is 7.49. The van der Waals surface area contributed by atoms with E-state index in [2.05, 4.69) is 10.2 Å². The number of fused-ring (bicyclic) bond motifs is 1. The molecule has 0 spiro atoms. The summed E-state index contributed by atoms with van der Waals surface area (Å²) in [6.07, 6.45) is 0. The van der Waals surface area contributed by atoms with E-state index in [0.29, 0.717) is 5.69 Å². The molecule has 0 radical (unpaired) electrons. The van der Waals surface area contributed by atoms with E-state index in [4.69, 9.17) is 5.73 Å². The van der Waals surface area contributed by atoms with Crippen LogP contribution in [0.15, 0.2) is 68.6 Å². The Balaban J connectivity index is 0.00000225. The van der Waals surface area contributed by atoms with Gasteiger partial charge in [-0.15, -0.1) is 5.11 Å². The molecule has 148 valence electrons. The first kappa shape index (κ1) is 23.2. The molecule has 0 saturated heterocycles. The van der Waals surface area contributed by atoms with Crippen LogP contribution in [0.25, 0.3) is 10.8 Å². The zero-order chi connectivity index (χ0) is 20.7. The van der Waals surface area contributed by atoms with Gasteiger partial charge in [0.15, 0.2) is 5.75 Å². The maximum atomic E-state index is 11.8. The monoisotopic (exact) mass is 447 g/mol. The molecule has 3 aromatic rings. The standard InChI is InChI=1S/C16H13N3O7S2.Na.H/c17-12-8-11-9(6-13(12)27(21,22)23)7-14(28(24,25)26)15(16(11)20)19-18-10-4-2-1-3-5-10;;/h1-8,20H,17H2,(H,21,22,23)(H,24,25,26);;/q;+1;-1. The van der Waals surface area contributed by atoms with Gasteiger partial charge in [-0.2, -0.15) is 21.9 Å². The number of phenolic OH excluding ortho intramolecular Hbond substituents is 1. The predicted molar refractivity (Wildman–Crippen MR) is 101 cm³/mol. The van der Waals surface area contributed by atoms with E-state index in [1.807, 2.05) is 0 Å². The molecule has 0 atom stereocenters. The van der Waals surface area contributed by atoms with Gasteiger partial charge >= 0.3 is 29.6 Å². The normalized spacial score (nSPS) is 12.2. The van der Waals surface area contributed by atoms with Crippen LogP contribution in [-0.4, -0.2) is 31.0 Å². The summed E-state index contributed by atoms with van der Waals surface area (Å²) in [6, 6.07) is 11.0. The number of nitrogens with two attached hydrogens (primary N) is 1. The van der Waals surface area contributed by atoms with Crippen molar-refractivity contribution in [1.82, 2.24) is 0 Å². The van der Waals surface area contributed by atoms with Crippen LogP contribution >= 0.6 is 0 Å². The second-order valence-corrected chi connectivity index (χ2v) is 8.45. The molecule has 0 aliphatic heterocycles. The van der Waals surface area contributed by atoms with Crippen LogP contribution in [-0.2, 0) is 20.2 Å². The van der Waals surface area contributed by atoms with Crippen LogP contribution in [0, 0.1) is 0 Å². The Morgan fingerprint density at radius 3 is 1.97 bits per heavy atom. The molecule has 0 fully saturated rings.